The van der Waals surface area contributed by atoms with Crippen LogP contribution >= 0.6 is 22.6 Å². The maximum Gasteiger partial charge on any atom is 0.255 e. The molecule has 0 radical (unpaired) electrons. The van der Waals surface area contributed by atoms with E-state index < -0.39 is 0 Å². The van der Waals surface area contributed by atoms with Crippen LogP contribution in [0, 0.1) is 0 Å². The molecule has 110 valence electrons. The van der Waals surface area contributed by atoms with Gasteiger partial charge in [0.25, 0.3) is 5.56 Å². The Bertz CT molecular complexity index is 689. The van der Waals surface area contributed by atoms with Gasteiger partial charge in [-0.2, -0.15) is 0 Å². The van der Waals surface area contributed by atoms with E-state index >= 15 is 0 Å². The number of halogens is 1. The van der Waals surface area contributed by atoms with E-state index in [1.165, 1.54) is 0 Å². The fourth-order valence-corrected chi connectivity index (χ4v) is 3.00. The molecule has 3 heterocycles. The molecule has 0 aromatic carbocycles. The summed E-state index contributed by atoms with van der Waals surface area (Å²) in [5, 5.41) is 0. The Kier molecular flexibility index (Phi) is 4.20. The predicted octanol–water partition coefficient (Wildman–Crippen LogP) is 1.44. The van der Waals surface area contributed by atoms with Gasteiger partial charge in [-0.15, -0.1) is 0 Å². The third-order valence-corrected chi connectivity index (χ3v) is 4.15. The summed E-state index contributed by atoms with van der Waals surface area (Å²) >= 11 is 2.25. The van der Waals surface area contributed by atoms with Gasteiger partial charge in [0.15, 0.2) is 0 Å². The van der Waals surface area contributed by atoms with E-state index in [4.69, 9.17) is 4.74 Å². The van der Waals surface area contributed by atoms with Crippen molar-refractivity contribution in [1.82, 2.24) is 14.5 Å². The Labute approximate surface area is 135 Å². The van der Waals surface area contributed by atoms with Gasteiger partial charge in [0.05, 0.1) is 18.8 Å². The van der Waals surface area contributed by atoms with Gasteiger partial charge in [-0.05, 0) is 34.7 Å². The van der Waals surface area contributed by atoms with Crippen molar-refractivity contribution >= 4 is 28.5 Å². The van der Waals surface area contributed by atoms with Crippen molar-refractivity contribution in [3.63, 3.8) is 0 Å². The number of nitrogens with zero attached hydrogens (tertiary/aromatic N) is 4. The molecule has 7 heteroatoms. The quantitative estimate of drug-likeness (QED) is 0.566. The summed E-state index contributed by atoms with van der Waals surface area (Å²) in [6.45, 7) is 2.10. The molecule has 1 saturated heterocycles. The summed E-state index contributed by atoms with van der Waals surface area (Å²) in [5.74, 6) is 0.680. The molecule has 0 N–H and O–H groups in total. The number of aromatic nitrogens is 3. The van der Waals surface area contributed by atoms with Crippen LogP contribution in [-0.2, 0) is 11.8 Å². The van der Waals surface area contributed by atoms with Gasteiger partial charge in [0.2, 0.25) is 5.95 Å². The molecule has 1 aliphatic rings. The summed E-state index contributed by atoms with van der Waals surface area (Å²) in [5.41, 5.74) is 1.50. The van der Waals surface area contributed by atoms with E-state index in [9.17, 15) is 4.79 Å². The van der Waals surface area contributed by atoms with Gasteiger partial charge in [-0.3, -0.25) is 14.3 Å². The molecule has 2 aromatic heterocycles. The Morgan fingerprint density at radius 1 is 1.38 bits per heavy atom. The lowest BCUT2D eigenvalue weighted by atomic mass is 10.2. The van der Waals surface area contributed by atoms with Gasteiger partial charge >= 0.3 is 0 Å². The first-order chi connectivity index (χ1) is 10.1. The predicted molar refractivity (Wildman–Crippen MR) is 88.7 cm³/mol. The van der Waals surface area contributed by atoms with E-state index in [0.717, 1.165) is 18.7 Å². The molecule has 2 aromatic rings. The lowest BCUT2D eigenvalue weighted by molar-refractivity contribution is 0.108. The number of morpholine rings is 1. The van der Waals surface area contributed by atoms with E-state index in [1.54, 1.807) is 30.1 Å². The normalized spacial score (nSPS) is 18.8. The van der Waals surface area contributed by atoms with E-state index in [1.807, 2.05) is 12.1 Å². The van der Waals surface area contributed by atoms with Gasteiger partial charge < -0.3 is 9.64 Å². The maximum absolute atomic E-state index is 12.2. The van der Waals surface area contributed by atoms with Crippen LogP contribution in [0.4, 0.5) is 5.95 Å². The first kappa shape index (κ1) is 14.5. The van der Waals surface area contributed by atoms with Crippen molar-refractivity contribution in [2.45, 2.75) is 4.11 Å². The number of hydrogen-bond acceptors (Lipinski definition) is 5. The van der Waals surface area contributed by atoms with Crippen molar-refractivity contribution in [3.8, 4) is 11.3 Å². The molecule has 0 aliphatic carbocycles. The molecule has 6 nitrogen and oxygen atoms in total. The van der Waals surface area contributed by atoms with E-state index in [0.29, 0.717) is 18.2 Å². The molecule has 0 unspecified atom stereocenters. The monoisotopic (exact) mass is 398 g/mol. The average Bonchev–Trinajstić information content (AvgIpc) is 2.51. The van der Waals surface area contributed by atoms with Crippen LogP contribution in [0.3, 0.4) is 0 Å². The highest BCUT2D eigenvalue weighted by molar-refractivity contribution is 14.1. The van der Waals surface area contributed by atoms with Crippen LogP contribution in [0.15, 0.2) is 35.4 Å². The van der Waals surface area contributed by atoms with Crippen molar-refractivity contribution in [2.75, 3.05) is 24.6 Å². The zero-order valence-electron chi connectivity index (χ0n) is 11.6. The second-order valence-electron chi connectivity index (χ2n) is 4.80. The molecule has 1 atom stereocenters. The first-order valence-electron chi connectivity index (χ1n) is 6.64. The molecule has 1 fully saturated rings. The third kappa shape index (κ3) is 3.08. The van der Waals surface area contributed by atoms with Gasteiger partial charge in [0, 0.05) is 37.6 Å². The van der Waals surface area contributed by atoms with Crippen molar-refractivity contribution < 1.29 is 4.74 Å². The van der Waals surface area contributed by atoms with E-state index in [2.05, 4.69) is 37.5 Å². The number of pyridine rings is 1. The topological polar surface area (TPSA) is 60.2 Å². The van der Waals surface area contributed by atoms with E-state index in [-0.39, 0.29) is 9.67 Å². The lowest BCUT2D eigenvalue weighted by Crippen LogP contribution is -2.43. The average molecular weight is 398 g/mol. The number of hydrogen-bond donors (Lipinski definition) is 0. The lowest BCUT2D eigenvalue weighted by Gasteiger charge is -2.32. The summed E-state index contributed by atoms with van der Waals surface area (Å²) < 4.78 is 7.23. The van der Waals surface area contributed by atoms with Gasteiger partial charge in [-0.1, -0.05) is 0 Å². The molecule has 3 rings (SSSR count). The van der Waals surface area contributed by atoms with Crippen LogP contribution in [-0.4, -0.2) is 38.3 Å². The highest BCUT2D eigenvalue weighted by Crippen LogP contribution is 2.20. The van der Waals surface area contributed by atoms with Crippen molar-refractivity contribution in [1.29, 1.82) is 0 Å². The van der Waals surface area contributed by atoms with Crippen molar-refractivity contribution in [2.24, 2.45) is 7.05 Å². The Hall–Kier alpha value is -1.48. The van der Waals surface area contributed by atoms with Crippen molar-refractivity contribution in [3.05, 3.63) is 40.9 Å². The summed E-state index contributed by atoms with van der Waals surface area (Å²) in [6, 6.07) is 5.26. The maximum atomic E-state index is 12.2. The Morgan fingerprint density at radius 2 is 2.14 bits per heavy atom. The van der Waals surface area contributed by atoms with Crippen LogP contribution < -0.4 is 10.5 Å². The standard InChI is InChI=1S/C14H15IN4O2/c1-18-13(20)8-11(10-2-4-16-5-3-10)17-14(18)19-6-7-21-12(15)9-19/h2-5,8,12H,6-7,9H2,1H3/t12-/m0/s1. The molecule has 0 saturated carbocycles. The smallest absolute Gasteiger partial charge is 0.255 e. The molecular formula is C14H15IN4O2. The SMILES string of the molecule is Cn1c(N2CCO[C@H](I)C2)nc(-c2ccncc2)cc1=O. The highest BCUT2D eigenvalue weighted by atomic mass is 127. The second kappa shape index (κ2) is 6.10. The largest absolute Gasteiger partial charge is 0.364 e. The molecule has 0 bridgehead atoms. The first-order valence-corrected chi connectivity index (χ1v) is 7.89. The third-order valence-electron chi connectivity index (χ3n) is 3.39. The molecular weight excluding hydrogens is 383 g/mol. The van der Waals surface area contributed by atoms with Gasteiger partial charge in [-0.25, -0.2) is 4.98 Å². The highest BCUT2D eigenvalue weighted by Gasteiger charge is 2.22. The van der Waals surface area contributed by atoms with Crippen LogP contribution in [0.1, 0.15) is 0 Å². The minimum atomic E-state index is -0.0664. The van der Waals surface area contributed by atoms with Crippen LogP contribution in [0.2, 0.25) is 0 Å². The number of anilines is 1. The molecule has 0 spiro atoms. The number of rotatable bonds is 2. The van der Waals surface area contributed by atoms with Crippen LogP contribution in [0.5, 0.6) is 0 Å². The fraction of sp³-hybridized carbons (Fsp3) is 0.357. The van der Waals surface area contributed by atoms with Gasteiger partial charge in [0.1, 0.15) is 4.11 Å². The summed E-state index contributed by atoms with van der Waals surface area (Å²) in [4.78, 5) is 23.0. The zero-order valence-corrected chi connectivity index (χ0v) is 13.7. The molecule has 1 aliphatic heterocycles. The molecule has 21 heavy (non-hydrogen) atoms. The Balaban J connectivity index is 2.04. The minimum absolute atomic E-state index is 0.0664. The number of alkyl halides is 1. The summed E-state index contributed by atoms with van der Waals surface area (Å²) in [7, 11) is 1.75. The second-order valence-corrected chi connectivity index (χ2v) is 6.19. The zero-order chi connectivity index (χ0) is 14.8. The van der Waals surface area contributed by atoms with Crippen LogP contribution in [0.25, 0.3) is 11.3 Å². The molecule has 0 amide bonds. The Morgan fingerprint density at radius 3 is 2.86 bits per heavy atom. The summed E-state index contributed by atoms with van der Waals surface area (Å²) in [6.07, 6.45) is 3.40. The minimum Gasteiger partial charge on any atom is -0.364 e. The number of ether oxygens (including phenoxy) is 1. The fourth-order valence-electron chi connectivity index (χ4n) is 2.27.